The number of ether oxygens (including phenoxy) is 1. The van der Waals surface area contributed by atoms with Crippen LogP contribution in [0, 0.1) is 0 Å². The molecule has 1 aliphatic rings. The highest BCUT2D eigenvalue weighted by Gasteiger charge is 2.25. The Balaban J connectivity index is 1.57. The Morgan fingerprint density at radius 2 is 1.74 bits per heavy atom. The van der Waals surface area contributed by atoms with Gasteiger partial charge in [-0.25, -0.2) is 0 Å². The highest BCUT2D eigenvalue weighted by atomic mass is 79.9. The van der Waals surface area contributed by atoms with Crippen LogP contribution in [-0.4, -0.2) is 11.1 Å². The number of aliphatic carboxylic acids is 1. The van der Waals surface area contributed by atoms with E-state index in [0.717, 1.165) is 49.2 Å². The van der Waals surface area contributed by atoms with E-state index in [1.807, 2.05) is 49.4 Å². The summed E-state index contributed by atoms with van der Waals surface area (Å²) in [6, 6.07) is 21.5. The fraction of sp³-hybridized carbons (Fsp3) is 0.115. The summed E-state index contributed by atoms with van der Waals surface area (Å²) < 4.78 is 6.74. The number of hydrogen-bond donors (Lipinski definition) is 1. The SMILES string of the molecule is CC1=C(CC(=O)O)c2cc(Br)ccc2/C1=C\c1ccc(COc2ccc(Cl)cc2)cc1. The molecular formula is C26H20BrClO3. The number of fused-ring (bicyclic) bond motifs is 1. The van der Waals surface area contributed by atoms with E-state index in [9.17, 15) is 9.90 Å². The van der Waals surface area contributed by atoms with Crippen LogP contribution in [0.5, 0.6) is 5.75 Å². The van der Waals surface area contributed by atoms with Crippen LogP contribution in [0.1, 0.15) is 35.6 Å². The molecule has 0 spiro atoms. The minimum absolute atomic E-state index is 0.00754. The van der Waals surface area contributed by atoms with Gasteiger partial charge in [0.1, 0.15) is 12.4 Å². The van der Waals surface area contributed by atoms with Crippen molar-refractivity contribution in [2.75, 3.05) is 0 Å². The van der Waals surface area contributed by atoms with Crippen molar-refractivity contribution in [1.29, 1.82) is 0 Å². The number of carbonyl (C=O) groups is 1. The lowest BCUT2D eigenvalue weighted by atomic mass is 10.0. The van der Waals surface area contributed by atoms with Crippen molar-refractivity contribution >= 4 is 50.7 Å². The molecule has 156 valence electrons. The van der Waals surface area contributed by atoms with Gasteiger partial charge in [-0.05, 0) is 88.4 Å². The molecule has 5 heteroatoms. The Hall–Kier alpha value is -2.82. The number of carboxylic acid groups (broad SMARTS) is 1. The van der Waals surface area contributed by atoms with E-state index in [4.69, 9.17) is 16.3 Å². The second kappa shape index (κ2) is 9.13. The van der Waals surface area contributed by atoms with E-state index >= 15 is 0 Å². The van der Waals surface area contributed by atoms with Gasteiger partial charge in [0.05, 0.1) is 6.42 Å². The molecule has 1 N–H and O–H groups in total. The van der Waals surface area contributed by atoms with E-state index in [1.165, 1.54) is 0 Å². The first-order valence-electron chi connectivity index (χ1n) is 9.82. The van der Waals surface area contributed by atoms with Gasteiger partial charge in [0.15, 0.2) is 0 Å². The molecule has 0 aromatic heterocycles. The third-order valence-electron chi connectivity index (χ3n) is 5.29. The molecular weight excluding hydrogens is 476 g/mol. The van der Waals surface area contributed by atoms with Crippen molar-refractivity contribution in [2.24, 2.45) is 0 Å². The molecule has 0 heterocycles. The van der Waals surface area contributed by atoms with Gasteiger partial charge in [0, 0.05) is 9.50 Å². The van der Waals surface area contributed by atoms with Crippen molar-refractivity contribution in [1.82, 2.24) is 0 Å². The maximum Gasteiger partial charge on any atom is 0.307 e. The van der Waals surface area contributed by atoms with Crippen LogP contribution in [0.25, 0.3) is 17.2 Å². The van der Waals surface area contributed by atoms with Crippen molar-refractivity contribution in [3.63, 3.8) is 0 Å². The first-order valence-corrected chi connectivity index (χ1v) is 11.0. The van der Waals surface area contributed by atoms with E-state index in [0.29, 0.717) is 11.6 Å². The monoisotopic (exact) mass is 494 g/mol. The second-order valence-electron chi connectivity index (χ2n) is 7.41. The molecule has 0 saturated heterocycles. The molecule has 3 nitrogen and oxygen atoms in total. The Kier molecular flexibility index (Phi) is 6.30. The third-order valence-corrected chi connectivity index (χ3v) is 6.04. The Morgan fingerprint density at radius 3 is 2.42 bits per heavy atom. The summed E-state index contributed by atoms with van der Waals surface area (Å²) in [5.74, 6) is -0.0531. The smallest absolute Gasteiger partial charge is 0.307 e. The van der Waals surface area contributed by atoms with Crippen LogP contribution in [0.15, 0.2) is 76.8 Å². The molecule has 3 aromatic rings. The minimum atomic E-state index is -0.827. The lowest BCUT2D eigenvalue weighted by Crippen LogP contribution is -1.96. The molecule has 1 aliphatic carbocycles. The van der Waals surface area contributed by atoms with Crippen molar-refractivity contribution < 1.29 is 14.6 Å². The van der Waals surface area contributed by atoms with Gasteiger partial charge in [-0.3, -0.25) is 4.79 Å². The largest absolute Gasteiger partial charge is 0.489 e. The van der Waals surface area contributed by atoms with Gasteiger partial charge >= 0.3 is 5.97 Å². The van der Waals surface area contributed by atoms with Crippen LogP contribution in [0.3, 0.4) is 0 Å². The minimum Gasteiger partial charge on any atom is -0.489 e. The fourth-order valence-corrected chi connectivity index (χ4v) is 4.19. The topological polar surface area (TPSA) is 46.5 Å². The normalized spacial score (nSPS) is 14.1. The highest BCUT2D eigenvalue weighted by Crippen LogP contribution is 2.44. The summed E-state index contributed by atoms with van der Waals surface area (Å²) in [6.07, 6.45) is 2.12. The second-order valence-corrected chi connectivity index (χ2v) is 8.76. The summed E-state index contributed by atoms with van der Waals surface area (Å²) in [6.45, 7) is 2.46. The molecule has 0 radical (unpaired) electrons. The zero-order valence-corrected chi connectivity index (χ0v) is 19.2. The fourth-order valence-electron chi connectivity index (χ4n) is 3.71. The van der Waals surface area contributed by atoms with Gasteiger partial charge in [0.25, 0.3) is 0 Å². The molecule has 31 heavy (non-hydrogen) atoms. The molecule has 0 saturated carbocycles. The summed E-state index contributed by atoms with van der Waals surface area (Å²) >= 11 is 9.40. The van der Waals surface area contributed by atoms with Crippen LogP contribution >= 0.6 is 27.5 Å². The van der Waals surface area contributed by atoms with Crippen LogP contribution in [-0.2, 0) is 11.4 Å². The summed E-state index contributed by atoms with van der Waals surface area (Å²) in [5, 5.41) is 10.0. The number of rotatable bonds is 6. The average molecular weight is 496 g/mol. The molecule has 0 unspecified atom stereocenters. The molecule has 0 atom stereocenters. The van der Waals surface area contributed by atoms with E-state index in [2.05, 4.69) is 34.1 Å². The van der Waals surface area contributed by atoms with Gasteiger partial charge in [-0.15, -0.1) is 0 Å². The van der Waals surface area contributed by atoms with Gasteiger partial charge in [-0.2, -0.15) is 0 Å². The first-order chi connectivity index (χ1) is 14.9. The summed E-state index contributed by atoms with van der Waals surface area (Å²) in [7, 11) is 0. The van der Waals surface area contributed by atoms with Crippen molar-refractivity contribution in [2.45, 2.75) is 20.0 Å². The molecule has 3 aromatic carbocycles. The number of benzene rings is 3. The Labute approximate surface area is 194 Å². The third kappa shape index (κ3) is 4.92. The van der Waals surface area contributed by atoms with E-state index in [1.54, 1.807) is 12.1 Å². The maximum atomic E-state index is 11.4. The number of halogens is 2. The molecule has 4 rings (SSSR count). The number of allylic oxidation sites excluding steroid dienone is 2. The van der Waals surface area contributed by atoms with E-state index < -0.39 is 5.97 Å². The Bertz CT molecular complexity index is 1190. The Morgan fingerprint density at radius 1 is 1.03 bits per heavy atom. The molecule has 0 bridgehead atoms. The van der Waals surface area contributed by atoms with Crippen molar-refractivity contribution in [3.8, 4) is 5.75 Å². The van der Waals surface area contributed by atoms with Gasteiger partial charge < -0.3 is 9.84 Å². The maximum absolute atomic E-state index is 11.4. The molecule has 0 aliphatic heterocycles. The predicted octanol–water partition coefficient (Wildman–Crippen LogP) is 7.48. The highest BCUT2D eigenvalue weighted by molar-refractivity contribution is 9.10. The lowest BCUT2D eigenvalue weighted by molar-refractivity contribution is -0.135. The van der Waals surface area contributed by atoms with Crippen LogP contribution in [0.4, 0.5) is 0 Å². The zero-order chi connectivity index (χ0) is 22.0. The van der Waals surface area contributed by atoms with Crippen LogP contribution < -0.4 is 4.74 Å². The molecule has 0 fully saturated rings. The quantitative estimate of drug-likeness (QED) is 0.385. The van der Waals surface area contributed by atoms with Crippen LogP contribution in [0.2, 0.25) is 5.02 Å². The van der Waals surface area contributed by atoms with Gasteiger partial charge in [0.2, 0.25) is 0 Å². The first kappa shape index (κ1) is 21.4. The number of hydrogen-bond acceptors (Lipinski definition) is 2. The lowest BCUT2D eigenvalue weighted by Gasteiger charge is -2.08. The zero-order valence-electron chi connectivity index (χ0n) is 16.9. The average Bonchev–Trinajstić information content (AvgIpc) is 2.99. The summed E-state index contributed by atoms with van der Waals surface area (Å²) in [5.41, 5.74) is 7.08. The standard InChI is InChI=1S/C26H20BrClO3/c1-16-23(22-11-6-19(27)13-25(22)24(16)14-26(29)30)12-17-2-4-18(5-3-17)15-31-21-9-7-20(28)8-10-21/h2-13H,14-15H2,1H3,(H,29,30)/b23-12-. The number of carboxylic acids is 1. The predicted molar refractivity (Wildman–Crippen MR) is 129 cm³/mol. The molecule has 0 amide bonds. The summed E-state index contributed by atoms with van der Waals surface area (Å²) in [4.78, 5) is 11.4. The van der Waals surface area contributed by atoms with E-state index in [-0.39, 0.29) is 6.42 Å². The van der Waals surface area contributed by atoms with Gasteiger partial charge in [-0.1, -0.05) is 57.9 Å². The van der Waals surface area contributed by atoms with Crippen molar-refractivity contribution in [3.05, 3.63) is 104 Å².